The van der Waals surface area contributed by atoms with Crippen molar-refractivity contribution < 1.29 is 0 Å². The Balaban J connectivity index is 1.74. The van der Waals surface area contributed by atoms with Crippen LogP contribution >= 0.6 is 0 Å². The van der Waals surface area contributed by atoms with E-state index in [0.717, 1.165) is 53.0 Å². The molecule has 146 valence electrons. The van der Waals surface area contributed by atoms with Crippen LogP contribution in [0.15, 0.2) is 60.8 Å². The van der Waals surface area contributed by atoms with Gasteiger partial charge in [0.15, 0.2) is 0 Å². The fourth-order valence-corrected chi connectivity index (χ4v) is 3.99. The zero-order valence-electron chi connectivity index (χ0n) is 17.2. The highest BCUT2D eigenvalue weighted by molar-refractivity contribution is 5.79. The molecule has 29 heavy (non-hydrogen) atoms. The second-order valence-corrected chi connectivity index (χ2v) is 7.15. The normalized spacial score (nSPS) is 11.0. The van der Waals surface area contributed by atoms with Crippen molar-refractivity contribution in [3.05, 3.63) is 77.5 Å². The molecular formula is C25H26N4. The quantitative estimate of drug-likeness (QED) is 0.452. The van der Waals surface area contributed by atoms with E-state index in [1.165, 1.54) is 16.7 Å². The zero-order chi connectivity index (χ0) is 20.2. The third-order valence-electron chi connectivity index (χ3n) is 5.49. The van der Waals surface area contributed by atoms with E-state index in [9.17, 15) is 0 Å². The van der Waals surface area contributed by atoms with Crippen molar-refractivity contribution in [2.75, 3.05) is 0 Å². The monoisotopic (exact) mass is 382 g/mol. The number of pyridine rings is 1. The molecule has 0 radical (unpaired) electrons. The molecule has 0 amide bonds. The Kier molecular flexibility index (Phi) is 5.52. The number of rotatable bonds is 6. The molecule has 4 nitrogen and oxygen atoms in total. The maximum Gasteiger partial charge on any atom is 0.120 e. The van der Waals surface area contributed by atoms with Gasteiger partial charge >= 0.3 is 0 Å². The molecule has 0 bridgehead atoms. The topological polar surface area (TPSA) is 54.5 Å². The Labute approximate surface area is 172 Å². The van der Waals surface area contributed by atoms with E-state index in [4.69, 9.17) is 0 Å². The molecule has 0 aliphatic rings. The van der Waals surface area contributed by atoms with Crippen molar-refractivity contribution >= 4 is 0 Å². The Hall–Kier alpha value is -3.27. The first kappa shape index (κ1) is 19.1. The third kappa shape index (κ3) is 3.70. The molecule has 4 aromatic rings. The summed E-state index contributed by atoms with van der Waals surface area (Å²) in [6, 6.07) is 18.9. The molecule has 0 saturated heterocycles. The summed E-state index contributed by atoms with van der Waals surface area (Å²) in [6.45, 7) is 6.67. The van der Waals surface area contributed by atoms with Gasteiger partial charge in [-0.1, -0.05) is 51.1 Å². The number of nitrogens with zero attached hydrogens (tertiary/aromatic N) is 3. The van der Waals surface area contributed by atoms with Crippen LogP contribution in [-0.4, -0.2) is 20.4 Å². The predicted octanol–water partition coefficient (Wildman–Crippen LogP) is 5.89. The van der Waals surface area contributed by atoms with Crippen molar-refractivity contribution in [3.8, 4) is 33.8 Å². The molecule has 2 aromatic heterocycles. The summed E-state index contributed by atoms with van der Waals surface area (Å²) in [5.74, 6) is 0. The summed E-state index contributed by atoms with van der Waals surface area (Å²) in [6.07, 6.45) is 4.93. The number of nitrogens with one attached hydrogen (secondary N) is 1. The summed E-state index contributed by atoms with van der Waals surface area (Å²) < 4.78 is 0. The highest BCUT2D eigenvalue weighted by atomic mass is 15.3. The maximum atomic E-state index is 4.50. The van der Waals surface area contributed by atoms with Gasteiger partial charge < -0.3 is 0 Å². The standard InChI is InChI=1S/C25H26N4/c1-4-17-15-21(16-18(5-2)22(17)6-3)25-24(27-29-28-25)20-12-10-19(11-13-20)23-9-7-8-14-26-23/h7-16H,4-6H2,1-3H3,(H,27,28,29). The van der Waals surface area contributed by atoms with Gasteiger partial charge in [-0.15, -0.1) is 0 Å². The summed E-state index contributed by atoms with van der Waals surface area (Å²) in [5.41, 5.74) is 10.3. The third-order valence-corrected chi connectivity index (χ3v) is 5.49. The van der Waals surface area contributed by atoms with Crippen molar-refractivity contribution in [2.24, 2.45) is 0 Å². The number of hydrogen-bond acceptors (Lipinski definition) is 3. The van der Waals surface area contributed by atoms with E-state index in [0.29, 0.717) is 0 Å². The van der Waals surface area contributed by atoms with Crippen molar-refractivity contribution in [1.29, 1.82) is 0 Å². The minimum absolute atomic E-state index is 0.880. The average molecular weight is 383 g/mol. The molecule has 0 fully saturated rings. The molecule has 0 aliphatic heterocycles. The molecule has 4 heteroatoms. The largest absolute Gasteiger partial charge is 0.256 e. The Bertz CT molecular complexity index is 1070. The van der Waals surface area contributed by atoms with Gasteiger partial charge in [0.1, 0.15) is 11.4 Å². The van der Waals surface area contributed by atoms with Gasteiger partial charge in [-0.3, -0.25) is 4.98 Å². The van der Waals surface area contributed by atoms with Gasteiger partial charge in [0.05, 0.1) is 5.69 Å². The van der Waals surface area contributed by atoms with Crippen LogP contribution < -0.4 is 0 Å². The molecule has 0 aliphatic carbocycles. The zero-order valence-corrected chi connectivity index (χ0v) is 17.2. The number of aromatic nitrogens is 4. The van der Waals surface area contributed by atoms with Crippen LogP contribution in [0.1, 0.15) is 37.5 Å². The lowest BCUT2D eigenvalue weighted by atomic mass is 9.91. The summed E-state index contributed by atoms with van der Waals surface area (Å²) in [7, 11) is 0. The van der Waals surface area contributed by atoms with Crippen LogP contribution in [0.2, 0.25) is 0 Å². The van der Waals surface area contributed by atoms with Crippen LogP contribution in [0.5, 0.6) is 0 Å². The van der Waals surface area contributed by atoms with Gasteiger partial charge in [-0.05, 0) is 60.2 Å². The first-order valence-electron chi connectivity index (χ1n) is 10.3. The van der Waals surface area contributed by atoms with Gasteiger partial charge in [-0.25, -0.2) is 0 Å². The van der Waals surface area contributed by atoms with Crippen molar-refractivity contribution in [3.63, 3.8) is 0 Å². The molecule has 0 unspecified atom stereocenters. The van der Waals surface area contributed by atoms with E-state index >= 15 is 0 Å². The van der Waals surface area contributed by atoms with Crippen LogP contribution in [0.25, 0.3) is 33.8 Å². The smallest absolute Gasteiger partial charge is 0.120 e. The van der Waals surface area contributed by atoms with E-state index in [2.05, 4.69) is 77.6 Å². The van der Waals surface area contributed by atoms with E-state index in [-0.39, 0.29) is 0 Å². The van der Waals surface area contributed by atoms with Crippen LogP contribution in [-0.2, 0) is 19.3 Å². The maximum absolute atomic E-state index is 4.50. The lowest BCUT2D eigenvalue weighted by Gasteiger charge is -2.14. The Morgan fingerprint density at radius 2 is 1.31 bits per heavy atom. The Morgan fingerprint density at radius 1 is 0.690 bits per heavy atom. The first-order chi connectivity index (χ1) is 14.2. The number of hydrogen-bond donors (Lipinski definition) is 1. The summed E-state index contributed by atoms with van der Waals surface area (Å²) >= 11 is 0. The molecule has 2 aromatic carbocycles. The SMILES string of the molecule is CCc1cc(-c2n[nH]nc2-c2ccc(-c3ccccn3)cc2)cc(CC)c1CC. The van der Waals surface area contributed by atoms with Crippen molar-refractivity contribution in [1.82, 2.24) is 20.4 Å². The fourth-order valence-electron chi connectivity index (χ4n) is 3.99. The highest BCUT2D eigenvalue weighted by Gasteiger charge is 2.16. The van der Waals surface area contributed by atoms with Gasteiger partial charge in [0.2, 0.25) is 0 Å². The number of aryl methyl sites for hydroxylation is 2. The predicted molar refractivity (Wildman–Crippen MR) is 119 cm³/mol. The van der Waals surface area contributed by atoms with E-state index < -0.39 is 0 Å². The van der Waals surface area contributed by atoms with Gasteiger partial charge in [0.25, 0.3) is 0 Å². The lowest BCUT2D eigenvalue weighted by molar-refractivity contribution is 0.942. The minimum atomic E-state index is 0.880. The molecule has 0 saturated carbocycles. The number of benzene rings is 2. The molecule has 1 N–H and O–H groups in total. The minimum Gasteiger partial charge on any atom is -0.256 e. The van der Waals surface area contributed by atoms with E-state index in [1.807, 2.05) is 24.4 Å². The average Bonchev–Trinajstić information content (AvgIpc) is 3.28. The second kappa shape index (κ2) is 8.39. The highest BCUT2D eigenvalue weighted by Crippen LogP contribution is 2.32. The first-order valence-corrected chi connectivity index (χ1v) is 10.3. The van der Waals surface area contributed by atoms with Gasteiger partial charge in [-0.2, -0.15) is 15.4 Å². The molecule has 4 rings (SSSR count). The van der Waals surface area contributed by atoms with Crippen molar-refractivity contribution in [2.45, 2.75) is 40.0 Å². The molecule has 0 atom stereocenters. The number of H-pyrrole nitrogens is 1. The van der Waals surface area contributed by atoms with Crippen LogP contribution in [0.3, 0.4) is 0 Å². The Morgan fingerprint density at radius 3 is 1.86 bits per heavy atom. The second-order valence-electron chi connectivity index (χ2n) is 7.15. The fraction of sp³-hybridized carbons (Fsp3) is 0.240. The summed E-state index contributed by atoms with van der Waals surface area (Å²) in [4.78, 5) is 4.43. The van der Waals surface area contributed by atoms with E-state index in [1.54, 1.807) is 0 Å². The number of aromatic amines is 1. The van der Waals surface area contributed by atoms with Crippen LogP contribution in [0, 0.1) is 0 Å². The molecule has 2 heterocycles. The molecular weight excluding hydrogens is 356 g/mol. The van der Waals surface area contributed by atoms with Crippen LogP contribution in [0.4, 0.5) is 0 Å². The van der Waals surface area contributed by atoms with Gasteiger partial charge in [0, 0.05) is 22.9 Å². The molecule has 0 spiro atoms. The lowest BCUT2D eigenvalue weighted by Crippen LogP contribution is -1.99. The summed E-state index contributed by atoms with van der Waals surface area (Å²) in [5, 5.41) is 11.8.